The molecule has 1 N–H and O–H groups in total. The van der Waals surface area contributed by atoms with E-state index in [0.29, 0.717) is 18.7 Å². The first-order valence-corrected chi connectivity index (χ1v) is 5.06. The molecule has 1 aliphatic heterocycles. The van der Waals surface area contributed by atoms with Gasteiger partial charge in [-0.25, -0.2) is 0 Å². The molecule has 1 aliphatic rings. The Labute approximate surface area is 89.3 Å². The zero-order valence-corrected chi connectivity index (χ0v) is 9.03. The molecule has 1 saturated heterocycles. The summed E-state index contributed by atoms with van der Waals surface area (Å²) in [6.07, 6.45) is 0. The van der Waals surface area contributed by atoms with Gasteiger partial charge in [0.1, 0.15) is 0 Å². The highest BCUT2D eigenvalue weighted by atomic mass is 16.3. The van der Waals surface area contributed by atoms with Gasteiger partial charge in [-0.3, -0.25) is 4.79 Å². The SMILES string of the molecule is Cc1cccc(C(=O)N2CC(C)(O)C2)c1. The van der Waals surface area contributed by atoms with Crippen molar-refractivity contribution in [1.82, 2.24) is 4.90 Å². The van der Waals surface area contributed by atoms with Crippen molar-refractivity contribution in [3.05, 3.63) is 35.4 Å². The van der Waals surface area contributed by atoms with Crippen molar-refractivity contribution >= 4 is 5.91 Å². The van der Waals surface area contributed by atoms with Crippen molar-refractivity contribution in [1.29, 1.82) is 0 Å². The lowest BCUT2D eigenvalue weighted by molar-refractivity contribution is -0.0668. The summed E-state index contributed by atoms with van der Waals surface area (Å²) < 4.78 is 0. The number of β-amino-alcohol motifs (C(OH)–C–C–N with tert-alkyl or cyclic N) is 1. The molecule has 1 fully saturated rings. The van der Waals surface area contributed by atoms with Crippen LogP contribution in [0.1, 0.15) is 22.8 Å². The van der Waals surface area contributed by atoms with Gasteiger partial charge >= 0.3 is 0 Å². The molecule has 0 saturated carbocycles. The smallest absolute Gasteiger partial charge is 0.254 e. The summed E-state index contributed by atoms with van der Waals surface area (Å²) in [6, 6.07) is 7.52. The van der Waals surface area contributed by atoms with E-state index < -0.39 is 5.60 Å². The van der Waals surface area contributed by atoms with Gasteiger partial charge in [0.25, 0.3) is 5.91 Å². The van der Waals surface area contributed by atoms with E-state index in [9.17, 15) is 9.90 Å². The largest absolute Gasteiger partial charge is 0.386 e. The number of benzene rings is 1. The van der Waals surface area contributed by atoms with Crippen LogP contribution < -0.4 is 0 Å². The predicted molar refractivity (Wildman–Crippen MR) is 57.7 cm³/mol. The fraction of sp³-hybridized carbons (Fsp3) is 0.417. The Morgan fingerprint density at radius 1 is 1.47 bits per heavy atom. The van der Waals surface area contributed by atoms with Gasteiger partial charge in [-0.05, 0) is 26.0 Å². The number of carbonyl (C=O) groups excluding carboxylic acids is 1. The van der Waals surface area contributed by atoms with Crippen LogP contribution in [0.25, 0.3) is 0 Å². The molecule has 15 heavy (non-hydrogen) atoms. The van der Waals surface area contributed by atoms with E-state index in [-0.39, 0.29) is 5.91 Å². The third-order valence-electron chi connectivity index (χ3n) is 2.62. The molecule has 1 aromatic carbocycles. The van der Waals surface area contributed by atoms with Crippen LogP contribution in [0.15, 0.2) is 24.3 Å². The molecule has 0 atom stereocenters. The lowest BCUT2D eigenvalue weighted by atomic mass is 9.95. The quantitative estimate of drug-likeness (QED) is 0.748. The van der Waals surface area contributed by atoms with E-state index in [0.717, 1.165) is 5.56 Å². The second-order valence-corrected chi connectivity index (χ2v) is 4.53. The zero-order chi connectivity index (χ0) is 11.1. The number of carbonyl (C=O) groups is 1. The topological polar surface area (TPSA) is 40.5 Å². The van der Waals surface area contributed by atoms with E-state index >= 15 is 0 Å². The first-order chi connectivity index (χ1) is 6.98. The second-order valence-electron chi connectivity index (χ2n) is 4.53. The number of aliphatic hydroxyl groups is 1. The third kappa shape index (κ3) is 2.02. The normalized spacial score (nSPS) is 18.5. The zero-order valence-electron chi connectivity index (χ0n) is 9.03. The number of hydrogen-bond donors (Lipinski definition) is 1. The van der Waals surface area contributed by atoms with Crippen LogP contribution in [0, 0.1) is 6.92 Å². The summed E-state index contributed by atoms with van der Waals surface area (Å²) in [5.74, 6) is 0.00484. The molecule has 0 radical (unpaired) electrons. The summed E-state index contributed by atoms with van der Waals surface area (Å²) in [5.41, 5.74) is 1.08. The fourth-order valence-electron chi connectivity index (χ4n) is 1.88. The number of nitrogens with zero attached hydrogens (tertiary/aromatic N) is 1. The summed E-state index contributed by atoms with van der Waals surface area (Å²) in [4.78, 5) is 13.5. The molecule has 0 spiro atoms. The maximum absolute atomic E-state index is 11.9. The van der Waals surface area contributed by atoms with Crippen molar-refractivity contribution < 1.29 is 9.90 Å². The highest BCUT2D eigenvalue weighted by Gasteiger charge is 2.39. The molecule has 1 heterocycles. The van der Waals surface area contributed by atoms with Crippen molar-refractivity contribution in [2.75, 3.05) is 13.1 Å². The van der Waals surface area contributed by atoms with E-state index in [2.05, 4.69) is 0 Å². The minimum absolute atomic E-state index is 0.00484. The molecule has 1 aromatic rings. The highest BCUT2D eigenvalue weighted by molar-refractivity contribution is 5.95. The van der Waals surface area contributed by atoms with Crippen LogP contribution in [0.2, 0.25) is 0 Å². The number of hydrogen-bond acceptors (Lipinski definition) is 2. The van der Waals surface area contributed by atoms with Crippen LogP contribution in [0.4, 0.5) is 0 Å². The number of rotatable bonds is 1. The molecular weight excluding hydrogens is 190 g/mol. The highest BCUT2D eigenvalue weighted by Crippen LogP contribution is 2.22. The van der Waals surface area contributed by atoms with Gasteiger partial charge in [-0.2, -0.15) is 0 Å². The Bertz CT molecular complexity index is 390. The minimum atomic E-state index is -0.695. The monoisotopic (exact) mass is 205 g/mol. The molecule has 80 valence electrons. The van der Waals surface area contributed by atoms with Crippen molar-refractivity contribution in [2.24, 2.45) is 0 Å². The number of likely N-dealkylation sites (tertiary alicyclic amines) is 1. The molecule has 2 rings (SSSR count). The van der Waals surface area contributed by atoms with Crippen molar-refractivity contribution in [3.8, 4) is 0 Å². The van der Waals surface area contributed by atoms with Gasteiger partial charge in [0.15, 0.2) is 0 Å². The van der Waals surface area contributed by atoms with Crippen molar-refractivity contribution in [3.63, 3.8) is 0 Å². The van der Waals surface area contributed by atoms with Crippen LogP contribution in [-0.2, 0) is 0 Å². The average molecular weight is 205 g/mol. The summed E-state index contributed by atoms with van der Waals surface area (Å²) >= 11 is 0. The Morgan fingerprint density at radius 3 is 2.67 bits per heavy atom. The van der Waals surface area contributed by atoms with Gasteiger partial charge < -0.3 is 10.0 Å². The van der Waals surface area contributed by atoms with E-state index in [1.54, 1.807) is 11.8 Å². The molecule has 0 unspecified atom stereocenters. The molecule has 1 amide bonds. The van der Waals surface area contributed by atoms with Gasteiger partial charge in [-0.1, -0.05) is 17.7 Å². The summed E-state index contributed by atoms with van der Waals surface area (Å²) in [5, 5.41) is 9.54. The average Bonchev–Trinajstić information content (AvgIpc) is 2.13. The molecule has 3 heteroatoms. The first kappa shape index (κ1) is 10.2. The second kappa shape index (κ2) is 3.35. The Morgan fingerprint density at radius 2 is 2.13 bits per heavy atom. The van der Waals surface area contributed by atoms with Crippen LogP contribution >= 0.6 is 0 Å². The molecule has 0 aliphatic carbocycles. The molecule has 3 nitrogen and oxygen atoms in total. The van der Waals surface area contributed by atoms with Gasteiger partial charge in [0.2, 0.25) is 0 Å². The molecular formula is C12H15NO2. The lowest BCUT2D eigenvalue weighted by Crippen LogP contribution is -2.61. The standard InChI is InChI=1S/C12H15NO2/c1-9-4-3-5-10(6-9)11(14)13-7-12(2,15)8-13/h3-6,15H,7-8H2,1-2H3. The van der Waals surface area contributed by atoms with Gasteiger partial charge in [0, 0.05) is 5.56 Å². The maximum atomic E-state index is 11.9. The third-order valence-corrected chi connectivity index (χ3v) is 2.62. The van der Waals surface area contributed by atoms with E-state index in [1.807, 2.05) is 31.2 Å². The fourth-order valence-corrected chi connectivity index (χ4v) is 1.88. The lowest BCUT2D eigenvalue weighted by Gasteiger charge is -2.44. The minimum Gasteiger partial charge on any atom is -0.386 e. The Kier molecular flexibility index (Phi) is 2.27. The Hall–Kier alpha value is -1.35. The predicted octanol–water partition coefficient (Wildman–Crippen LogP) is 1.20. The van der Waals surface area contributed by atoms with Crippen molar-refractivity contribution in [2.45, 2.75) is 19.4 Å². The summed E-state index contributed by atoms with van der Waals surface area (Å²) in [6.45, 7) is 4.57. The number of aryl methyl sites for hydroxylation is 1. The van der Waals surface area contributed by atoms with Crippen LogP contribution in [0.5, 0.6) is 0 Å². The molecule has 0 aromatic heterocycles. The van der Waals surface area contributed by atoms with Crippen LogP contribution in [-0.4, -0.2) is 34.6 Å². The maximum Gasteiger partial charge on any atom is 0.254 e. The van der Waals surface area contributed by atoms with Crippen LogP contribution in [0.3, 0.4) is 0 Å². The van der Waals surface area contributed by atoms with Gasteiger partial charge in [0.05, 0.1) is 18.7 Å². The molecule has 0 bridgehead atoms. The van der Waals surface area contributed by atoms with E-state index in [1.165, 1.54) is 0 Å². The summed E-state index contributed by atoms with van der Waals surface area (Å²) in [7, 11) is 0. The van der Waals surface area contributed by atoms with Gasteiger partial charge in [-0.15, -0.1) is 0 Å². The Balaban J connectivity index is 2.10. The number of amides is 1. The van der Waals surface area contributed by atoms with E-state index in [4.69, 9.17) is 0 Å². The first-order valence-electron chi connectivity index (χ1n) is 5.06.